The third kappa shape index (κ3) is 0.934. The molecule has 0 spiro atoms. The van der Waals surface area contributed by atoms with Crippen LogP contribution in [-0.4, -0.2) is 23.7 Å². The SMILES string of the molecule is O=C1C=CC2=NC=NC(=O)C2=C1. The first-order valence-corrected chi connectivity index (χ1v) is 3.36. The molecule has 1 heterocycles. The molecule has 0 bridgehead atoms. The van der Waals surface area contributed by atoms with Crippen LogP contribution in [0.1, 0.15) is 0 Å². The number of allylic oxidation sites excluding steroid dienone is 3. The fourth-order valence-electron chi connectivity index (χ4n) is 1.01. The third-order valence-corrected chi connectivity index (χ3v) is 1.57. The van der Waals surface area contributed by atoms with Crippen molar-refractivity contribution in [1.82, 2.24) is 0 Å². The van der Waals surface area contributed by atoms with Gasteiger partial charge in [0, 0.05) is 6.08 Å². The Kier molecular flexibility index (Phi) is 1.33. The number of rotatable bonds is 0. The lowest BCUT2D eigenvalue weighted by Gasteiger charge is -2.08. The van der Waals surface area contributed by atoms with E-state index in [1.54, 1.807) is 0 Å². The van der Waals surface area contributed by atoms with Crippen molar-refractivity contribution in [3.63, 3.8) is 0 Å². The zero-order valence-corrected chi connectivity index (χ0v) is 6.02. The van der Waals surface area contributed by atoms with E-state index < -0.39 is 5.91 Å². The number of nitrogens with zero attached hydrogens (tertiary/aromatic N) is 2. The van der Waals surface area contributed by atoms with Crippen LogP contribution in [0.15, 0.2) is 33.8 Å². The van der Waals surface area contributed by atoms with Gasteiger partial charge in [-0.3, -0.25) is 9.59 Å². The maximum atomic E-state index is 11.0. The molecule has 0 atom stereocenters. The van der Waals surface area contributed by atoms with Crippen LogP contribution in [0, 0.1) is 0 Å². The molecule has 0 unspecified atom stereocenters. The molecule has 12 heavy (non-hydrogen) atoms. The van der Waals surface area contributed by atoms with Crippen molar-refractivity contribution in [2.75, 3.05) is 0 Å². The van der Waals surface area contributed by atoms with Crippen LogP contribution in [-0.2, 0) is 9.59 Å². The molecule has 0 saturated heterocycles. The second kappa shape index (κ2) is 2.34. The van der Waals surface area contributed by atoms with Crippen LogP contribution >= 0.6 is 0 Å². The maximum absolute atomic E-state index is 11.0. The average Bonchev–Trinajstić information content (AvgIpc) is 2.07. The summed E-state index contributed by atoms with van der Waals surface area (Å²) in [5.74, 6) is -0.605. The van der Waals surface area contributed by atoms with Gasteiger partial charge in [-0.1, -0.05) is 0 Å². The molecule has 0 aromatic carbocycles. The number of amides is 1. The average molecular weight is 160 g/mol. The highest BCUT2D eigenvalue weighted by Gasteiger charge is 2.19. The molecule has 1 aliphatic carbocycles. The first-order chi connectivity index (χ1) is 5.77. The highest BCUT2D eigenvalue weighted by molar-refractivity contribution is 6.35. The van der Waals surface area contributed by atoms with Gasteiger partial charge >= 0.3 is 0 Å². The summed E-state index contributed by atoms with van der Waals surface area (Å²) in [5, 5.41) is 0. The van der Waals surface area contributed by atoms with Crippen LogP contribution in [0.3, 0.4) is 0 Å². The fraction of sp³-hybridized carbons (Fsp3) is 0. The third-order valence-electron chi connectivity index (χ3n) is 1.57. The predicted molar refractivity (Wildman–Crippen MR) is 43.2 cm³/mol. The first kappa shape index (κ1) is 6.84. The minimum absolute atomic E-state index is 0.200. The van der Waals surface area contributed by atoms with Crippen molar-refractivity contribution in [3.8, 4) is 0 Å². The number of fused-ring (bicyclic) bond motifs is 1. The Labute approximate surface area is 68.0 Å². The van der Waals surface area contributed by atoms with Gasteiger partial charge in [0.1, 0.15) is 6.34 Å². The molecule has 1 aliphatic heterocycles. The van der Waals surface area contributed by atoms with Crippen LogP contribution in [0.5, 0.6) is 0 Å². The number of carbonyl (C=O) groups excluding carboxylic acids is 2. The molecule has 0 fully saturated rings. The molecule has 1 amide bonds. The van der Waals surface area contributed by atoms with Crippen LogP contribution in [0.25, 0.3) is 0 Å². The van der Waals surface area contributed by atoms with Crippen molar-refractivity contribution in [2.24, 2.45) is 9.98 Å². The number of ketones is 1. The van der Waals surface area contributed by atoms with Gasteiger partial charge < -0.3 is 0 Å². The van der Waals surface area contributed by atoms with E-state index in [4.69, 9.17) is 0 Å². The molecule has 0 aromatic rings. The number of hydrogen-bond acceptors (Lipinski definition) is 3. The Morgan fingerprint density at radius 3 is 2.83 bits per heavy atom. The van der Waals surface area contributed by atoms with Crippen molar-refractivity contribution in [2.45, 2.75) is 0 Å². The standard InChI is InChI=1S/C8H4N2O2/c11-5-1-2-7-6(3-5)8(12)10-4-9-7/h1-4H. The topological polar surface area (TPSA) is 58.9 Å². The smallest absolute Gasteiger partial charge is 0.280 e. The van der Waals surface area contributed by atoms with E-state index in [0.29, 0.717) is 5.71 Å². The summed E-state index contributed by atoms with van der Waals surface area (Å²) in [5.41, 5.74) is 0.791. The minimum atomic E-state index is -0.405. The molecule has 2 aliphatic rings. The molecule has 4 nitrogen and oxygen atoms in total. The zero-order chi connectivity index (χ0) is 8.55. The van der Waals surface area contributed by atoms with E-state index in [1.165, 1.54) is 24.6 Å². The van der Waals surface area contributed by atoms with Gasteiger partial charge in [-0.25, -0.2) is 4.99 Å². The van der Waals surface area contributed by atoms with Gasteiger partial charge in [-0.05, 0) is 12.2 Å². The first-order valence-electron chi connectivity index (χ1n) is 3.36. The molecular weight excluding hydrogens is 156 g/mol. The van der Waals surface area contributed by atoms with E-state index in [2.05, 4.69) is 9.98 Å². The van der Waals surface area contributed by atoms with E-state index in [9.17, 15) is 9.59 Å². The Bertz CT molecular complexity index is 386. The zero-order valence-electron chi connectivity index (χ0n) is 6.02. The molecule has 0 saturated carbocycles. The molecule has 58 valence electrons. The summed E-state index contributed by atoms with van der Waals surface area (Å²) in [6.07, 6.45) is 5.32. The lowest BCUT2D eigenvalue weighted by molar-refractivity contribution is -0.115. The summed E-state index contributed by atoms with van der Waals surface area (Å²) in [4.78, 5) is 29.2. The van der Waals surface area contributed by atoms with Crippen molar-refractivity contribution < 1.29 is 9.59 Å². The quantitative estimate of drug-likeness (QED) is 0.470. The molecule has 2 rings (SSSR count). The molecule has 0 radical (unpaired) electrons. The molecular formula is C8H4N2O2. The van der Waals surface area contributed by atoms with E-state index in [-0.39, 0.29) is 11.4 Å². The van der Waals surface area contributed by atoms with Crippen molar-refractivity contribution in [3.05, 3.63) is 23.8 Å². The van der Waals surface area contributed by atoms with E-state index in [0.717, 1.165) is 0 Å². The minimum Gasteiger partial charge on any atom is -0.290 e. The van der Waals surface area contributed by atoms with Gasteiger partial charge in [0.15, 0.2) is 5.78 Å². The second-order valence-corrected chi connectivity index (χ2v) is 2.36. The van der Waals surface area contributed by atoms with Crippen LogP contribution < -0.4 is 0 Å². The number of aliphatic imine (C=N–C) groups is 2. The normalized spacial score (nSPS) is 20.3. The Morgan fingerprint density at radius 2 is 2.00 bits per heavy atom. The second-order valence-electron chi connectivity index (χ2n) is 2.36. The lowest BCUT2D eigenvalue weighted by atomic mass is 10.0. The summed E-state index contributed by atoms with van der Waals surface area (Å²) in [7, 11) is 0. The largest absolute Gasteiger partial charge is 0.290 e. The summed E-state index contributed by atoms with van der Waals surface area (Å²) < 4.78 is 0. The van der Waals surface area contributed by atoms with Gasteiger partial charge in [-0.2, -0.15) is 4.99 Å². The Hall–Kier alpha value is -1.84. The lowest BCUT2D eigenvalue weighted by Crippen LogP contribution is -2.17. The number of hydrogen-bond donors (Lipinski definition) is 0. The maximum Gasteiger partial charge on any atom is 0.280 e. The Balaban J connectivity index is 2.53. The van der Waals surface area contributed by atoms with Crippen LogP contribution in [0.4, 0.5) is 0 Å². The Morgan fingerprint density at radius 1 is 1.17 bits per heavy atom. The number of carbonyl (C=O) groups is 2. The summed E-state index contributed by atoms with van der Waals surface area (Å²) in [6.45, 7) is 0. The van der Waals surface area contributed by atoms with Gasteiger partial charge in [0.05, 0.1) is 11.3 Å². The van der Waals surface area contributed by atoms with Crippen molar-refractivity contribution in [1.29, 1.82) is 0 Å². The molecule has 0 aromatic heterocycles. The van der Waals surface area contributed by atoms with Gasteiger partial charge in [0.25, 0.3) is 5.91 Å². The van der Waals surface area contributed by atoms with E-state index >= 15 is 0 Å². The van der Waals surface area contributed by atoms with Gasteiger partial charge in [0.2, 0.25) is 0 Å². The highest BCUT2D eigenvalue weighted by atomic mass is 16.1. The summed E-state index contributed by atoms with van der Waals surface area (Å²) in [6, 6.07) is 0. The predicted octanol–water partition coefficient (Wildman–Crippen LogP) is 0.0612. The van der Waals surface area contributed by atoms with Crippen molar-refractivity contribution >= 4 is 23.7 Å². The fourth-order valence-corrected chi connectivity index (χ4v) is 1.01. The summed E-state index contributed by atoms with van der Waals surface area (Å²) >= 11 is 0. The monoisotopic (exact) mass is 160 g/mol. The van der Waals surface area contributed by atoms with Crippen LogP contribution in [0.2, 0.25) is 0 Å². The van der Waals surface area contributed by atoms with E-state index in [1.807, 2.05) is 0 Å². The van der Waals surface area contributed by atoms with Gasteiger partial charge in [-0.15, -0.1) is 0 Å². The molecule has 4 heteroatoms. The molecule has 0 N–H and O–H groups in total. The highest BCUT2D eigenvalue weighted by Crippen LogP contribution is 2.11.